The number of rotatable bonds is 5. The minimum atomic E-state index is -0.156. The molecule has 18 heavy (non-hydrogen) atoms. The van der Waals surface area contributed by atoms with Crippen molar-refractivity contribution in [1.82, 2.24) is 0 Å². The Morgan fingerprint density at radius 1 is 1.17 bits per heavy atom. The molecule has 0 bridgehead atoms. The predicted molar refractivity (Wildman–Crippen MR) is 71.0 cm³/mol. The lowest BCUT2D eigenvalue weighted by atomic mass is 10.0. The lowest BCUT2D eigenvalue weighted by molar-refractivity contribution is 0.342. The molecule has 0 unspecified atom stereocenters. The highest BCUT2D eigenvalue weighted by Crippen LogP contribution is 2.47. The van der Waals surface area contributed by atoms with E-state index in [0.29, 0.717) is 28.7 Å². The maximum absolute atomic E-state index is 6.19. The van der Waals surface area contributed by atoms with Crippen molar-refractivity contribution >= 4 is 11.6 Å². The predicted octanol–water partition coefficient (Wildman–Crippen LogP) is 2.40. The third-order valence-corrected chi connectivity index (χ3v) is 3.58. The Kier molecular flexibility index (Phi) is 3.59. The fourth-order valence-corrected chi connectivity index (χ4v) is 2.38. The average Bonchev–Trinajstić information content (AvgIpc) is 3.06. The number of benzene rings is 1. The zero-order valence-corrected chi connectivity index (χ0v) is 11.6. The molecule has 2 rings (SSSR count). The smallest absolute Gasteiger partial charge is 0.167 e. The Hall–Kier alpha value is -1.13. The molecule has 2 N–H and O–H groups in total. The van der Waals surface area contributed by atoms with Gasteiger partial charge in [-0.1, -0.05) is 11.6 Å². The summed E-state index contributed by atoms with van der Waals surface area (Å²) in [5.41, 5.74) is 6.89. The molecular formula is C13H18ClNO3. The molecule has 0 aliphatic heterocycles. The molecule has 1 aromatic rings. The van der Waals surface area contributed by atoms with Crippen molar-refractivity contribution in [3.8, 4) is 17.2 Å². The van der Waals surface area contributed by atoms with E-state index in [1.54, 1.807) is 27.4 Å². The number of methoxy groups -OCH3 is 3. The molecule has 1 aliphatic rings. The fraction of sp³-hybridized carbons (Fsp3) is 0.538. The topological polar surface area (TPSA) is 53.7 Å². The molecule has 0 amide bonds. The molecule has 4 nitrogen and oxygen atoms in total. The zero-order valence-electron chi connectivity index (χ0n) is 10.9. The highest BCUT2D eigenvalue weighted by molar-refractivity contribution is 6.32. The normalized spacial score (nSPS) is 16.3. The van der Waals surface area contributed by atoms with Crippen LogP contribution in [0.15, 0.2) is 6.07 Å². The minimum absolute atomic E-state index is 0.156. The van der Waals surface area contributed by atoms with Gasteiger partial charge in [-0.3, -0.25) is 0 Å². The Labute approximate surface area is 112 Å². The molecule has 0 radical (unpaired) electrons. The van der Waals surface area contributed by atoms with E-state index in [1.165, 1.54) is 0 Å². The molecule has 1 aliphatic carbocycles. The molecule has 5 heteroatoms. The van der Waals surface area contributed by atoms with Crippen LogP contribution in [0.25, 0.3) is 0 Å². The summed E-state index contributed by atoms with van der Waals surface area (Å²) in [6.07, 6.45) is 2.69. The van der Waals surface area contributed by atoms with Crippen molar-refractivity contribution in [1.29, 1.82) is 0 Å². The van der Waals surface area contributed by atoms with Crippen LogP contribution in [0.5, 0.6) is 17.2 Å². The largest absolute Gasteiger partial charge is 0.495 e. The van der Waals surface area contributed by atoms with Gasteiger partial charge in [-0.25, -0.2) is 0 Å². The quantitative estimate of drug-likeness (QED) is 0.893. The fourth-order valence-electron chi connectivity index (χ4n) is 2.09. The summed E-state index contributed by atoms with van der Waals surface area (Å²) in [5, 5.41) is 0.509. The molecule has 0 spiro atoms. The summed E-state index contributed by atoms with van der Waals surface area (Å²) in [6, 6.07) is 1.69. The first-order valence-corrected chi connectivity index (χ1v) is 6.18. The molecule has 0 heterocycles. The van der Waals surface area contributed by atoms with Gasteiger partial charge in [-0.2, -0.15) is 0 Å². The second kappa shape index (κ2) is 4.86. The first kappa shape index (κ1) is 13.3. The van der Waals surface area contributed by atoms with Gasteiger partial charge in [0.1, 0.15) is 5.75 Å². The minimum Gasteiger partial charge on any atom is -0.495 e. The average molecular weight is 272 g/mol. The second-order valence-corrected chi connectivity index (χ2v) is 5.05. The van der Waals surface area contributed by atoms with Crippen molar-refractivity contribution < 1.29 is 14.2 Å². The lowest BCUT2D eigenvalue weighted by Gasteiger charge is -2.19. The summed E-state index contributed by atoms with van der Waals surface area (Å²) in [7, 11) is 4.78. The van der Waals surface area contributed by atoms with E-state index in [2.05, 4.69) is 0 Å². The van der Waals surface area contributed by atoms with Gasteiger partial charge < -0.3 is 19.9 Å². The molecule has 100 valence electrons. The van der Waals surface area contributed by atoms with E-state index >= 15 is 0 Å². The van der Waals surface area contributed by atoms with Crippen LogP contribution in [-0.2, 0) is 6.42 Å². The maximum Gasteiger partial charge on any atom is 0.167 e. The summed E-state index contributed by atoms with van der Waals surface area (Å²) in [5.74, 6) is 1.86. The Balaban J connectivity index is 2.52. The second-order valence-electron chi connectivity index (χ2n) is 4.64. The number of halogens is 1. The van der Waals surface area contributed by atoms with E-state index in [1.807, 2.05) is 0 Å². The van der Waals surface area contributed by atoms with Crippen LogP contribution in [0.3, 0.4) is 0 Å². The van der Waals surface area contributed by atoms with Gasteiger partial charge >= 0.3 is 0 Å². The monoisotopic (exact) mass is 271 g/mol. The first-order valence-electron chi connectivity index (χ1n) is 5.81. The van der Waals surface area contributed by atoms with Crippen molar-refractivity contribution in [3.63, 3.8) is 0 Å². The van der Waals surface area contributed by atoms with Gasteiger partial charge in [0.2, 0.25) is 0 Å². The maximum atomic E-state index is 6.19. The van der Waals surface area contributed by atoms with Crippen molar-refractivity contribution in [2.24, 2.45) is 5.73 Å². The van der Waals surface area contributed by atoms with Gasteiger partial charge in [0.05, 0.1) is 26.4 Å². The van der Waals surface area contributed by atoms with Crippen molar-refractivity contribution in [3.05, 3.63) is 16.7 Å². The third kappa shape index (κ3) is 2.35. The van der Waals surface area contributed by atoms with Gasteiger partial charge in [-0.05, 0) is 19.3 Å². The molecule has 0 saturated heterocycles. The Morgan fingerprint density at radius 3 is 2.22 bits per heavy atom. The van der Waals surface area contributed by atoms with Crippen LogP contribution < -0.4 is 19.9 Å². The summed E-state index contributed by atoms with van der Waals surface area (Å²) in [4.78, 5) is 0. The standard InChI is InChI=1S/C13H18ClNO3/c1-16-10-6-9(14)11(17-2)8(12(10)18-3)7-13(15)4-5-13/h6H,4-5,7,15H2,1-3H3. The van der Waals surface area contributed by atoms with Gasteiger partial charge in [0, 0.05) is 17.2 Å². The van der Waals surface area contributed by atoms with Crippen LogP contribution in [0.1, 0.15) is 18.4 Å². The van der Waals surface area contributed by atoms with E-state index in [9.17, 15) is 0 Å². The summed E-state index contributed by atoms with van der Waals surface area (Å²) < 4.78 is 16.1. The highest BCUT2D eigenvalue weighted by atomic mass is 35.5. The summed E-state index contributed by atoms with van der Waals surface area (Å²) >= 11 is 6.19. The SMILES string of the molecule is COc1cc(Cl)c(OC)c(CC2(N)CC2)c1OC. The first-order chi connectivity index (χ1) is 8.54. The Morgan fingerprint density at radius 2 is 1.78 bits per heavy atom. The van der Waals surface area contributed by atoms with Crippen molar-refractivity contribution in [2.75, 3.05) is 21.3 Å². The molecule has 1 fully saturated rings. The number of hydrogen-bond donors (Lipinski definition) is 1. The summed E-state index contributed by atoms with van der Waals surface area (Å²) in [6.45, 7) is 0. The molecular weight excluding hydrogens is 254 g/mol. The van der Waals surface area contributed by atoms with Crippen LogP contribution in [-0.4, -0.2) is 26.9 Å². The van der Waals surface area contributed by atoms with Crippen LogP contribution >= 0.6 is 11.6 Å². The van der Waals surface area contributed by atoms with Gasteiger partial charge in [0.15, 0.2) is 11.5 Å². The van der Waals surface area contributed by atoms with Crippen LogP contribution in [0.4, 0.5) is 0 Å². The third-order valence-electron chi connectivity index (χ3n) is 3.30. The van der Waals surface area contributed by atoms with Gasteiger partial charge in [-0.15, -0.1) is 0 Å². The van der Waals surface area contributed by atoms with Gasteiger partial charge in [0.25, 0.3) is 0 Å². The van der Waals surface area contributed by atoms with Crippen LogP contribution in [0, 0.1) is 0 Å². The van der Waals surface area contributed by atoms with Crippen molar-refractivity contribution in [2.45, 2.75) is 24.8 Å². The molecule has 1 saturated carbocycles. The molecule has 0 aromatic heterocycles. The van der Waals surface area contributed by atoms with E-state index in [-0.39, 0.29) is 5.54 Å². The van der Waals surface area contributed by atoms with E-state index in [4.69, 9.17) is 31.5 Å². The van der Waals surface area contributed by atoms with E-state index in [0.717, 1.165) is 18.4 Å². The van der Waals surface area contributed by atoms with Crippen LogP contribution in [0.2, 0.25) is 5.02 Å². The molecule has 0 atom stereocenters. The molecule has 1 aromatic carbocycles. The number of nitrogens with two attached hydrogens (primary N) is 1. The lowest BCUT2D eigenvalue weighted by Crippen LogP contribution is -2.25. The Bertz CT molecular complexity index is 458. The van der Waals surface area contributed by atoms with E-state index < -0.39 is 0 Å². The number of hydrogen-bond acceptors (Lipinski definition) is 4. The highest BCUT2D eigenvalue weighted by Gasteiger charge is 2.40. The zero-order chi connectivity index (χ0) is 13.3. The number of ether oxygens (including phenoxy) is 3.